The molecule has 1 atom stereocenters. The Morgan fingerprint density at radius 1 is 1.22 bits per heavy atom. The van der Waals surface area contributed by atoms with Gasteiger partial charge in [0.25, 0.3) is 0 Å². The Morgan fingerprint density at radius 3 is 2.28 bits per heavy atom. The van der Waals surface area contributed by atoms with E-state index in [0.717, 1.165) is 0 Å². The predicted molar refractivity (Wildman–Crippen MR) is 69.7 cm³/mol. The topological polar surface area (TPSA) is 56.8 Å². The minimum Gasteiger partial charge on any atom is -0.493 e. The first-order valence-corrected chi connectivity index (χ1v) is 5.67. The van der Waals surface area contributed by atoms with Crippen LogP contribution in [0.4, 0.5) is 5.69 Å². The molecule has 0 fully saturated rings. The summed E-state index contributed by atoms with van der Waals surface area (Å²) in [7, 11) is 4.38. The quantitative estimate of drug-likeness (QED) is 0.835. The summed E-state index contributed by atoms with van der Waals surface area (Å²) in [6.45, 7) is 1.68. The van der Waals surface area contributed by atoms with Crippen LogP contribution in [0.25, 0.3) is 0 Å². The zero-order valence-corrected chi connectivity index (χ0v) is 11.5. The van der Waals surface area contributed by atoms with Crippen molar-refractivity contribution in [2.24, 2.45) is 0 Å². The molecule has 0 aliphatic carbocycles. The Labute approximate surface area is 111 Å². The largest absolute Gasteiger partial charge is 0.493 e. The lowest BCUT2D eigenvalue weighted by atomic mass is 10.2. The van der Waals surface area contributed by atoms with Crippen LogP contribution in [-0.2, 0) is 9.53 Å². The maximum absolute atomic E-state index is 11.3. The van der Waals surface area contributed by atoms with Crippen LogP contribution in [0.5, 0.6) is 11.5 Å². The number of benzene rings is 1. The number of ether oxygens (including phenoxy) is 3. The summed E-state index contributed by atoms with van der Waals surface area (Å²) in [6.07, 6.45) is 0. The summed E-state index contributed by atoms with van der Waals surface area (Å²) < 4.78 is 14.9. The highest BCUT2D eigenvalue weighted by Gasteiger charge is 2.16. The highest BCUT2D eigenvalue weighted by Crippen LogP contribution is 2.36. The fourth-order valence-electron chi connectivity index (χ4n) is 1.43. The van der Waals surface area contributed by atoms with Crippen molar-refractivity contribution in [2.45, 2.75) is 13.0 Å². The van der Waals surface area contributed by atoms with Crippen LogP contribution in [0.15, 0.2) is 12.1 Å². The van der Waals surface area contributed by atoms with Crippen molar-refractivity contribution in [2.75, 3.05) is 26.6 Å². The van der Waals surface area contributed by atoms with Crippen molar-refractivity contribution in [3.8, 4) is 11.5 Å². The molecule has 1 aromatic rings. The molecule has 1 rings (SSSR count). The van der Waals surface area contributed by atoms with Crippen molar-refractivity contribution in [1.29, 1.82) is 0 Å². The van der Waals surface area contributed by atoms with Crippen molar-refractivity contribution in [3.63, 3.8) is 0 Å². The van der Waals surface area contributed by atoms with Gasteiger partial charge >= 0.3 is 5.97 Å². The second kappa shape index (κ2) is 6.35. The number of halogens is 1. The SMILES string of the molecule is COC(=O)C(C)Nc1cc(OC)c(OC)cc1Cl. The molecule has 0 saturated heterocycles. The second-order valence-electron chi connectivity index (χ2n) is 3.58. The summed E-state index contributed by atoms with van der Waals surface area (Å²) in [6, 6.07) is 2.78. The van der Waals surface area contributed by atoms with Gasteiger partial charge in [0, 0.05) is 12.1 Å². The summed E-state index contributed by atoms with van der Waals surface area (Å²) in [5.74, 6) is 0.682. The molecule has 18 heavy (non-hydrogen) atoms. The van der Waals surface area contributed by atoms with E-state index in [0.29, 0.717) is 22.2 Å². The number of hydrogen-bond acceptors (Lipinski definition) is 5. The zero-order valence-electron chi connectivity index (χ0n) is 10.7. The van der Waals surface area contributed by atoms with Crippen LogP contribution in [-0.4, -0.2) is 33.3 Å². The normalized spacial score (nSPS) is 11.6. The van der Waals surface area contributed by atoms with Crippen LogP contribution < -0.4 is 14.8 Å². The van der Waals surface area contributed by atoms with Crippen molar-refractivity contribution < 1.29 is 19.0 Å². The summed E-state index contributed by atoms with van der Waals surface area (Å²) >= 11 is 6.08. The molecule has 0 bridgehead atoms. The average Bonchev–Trinajstić information content (AvgIpc) is 2.39. The molecule has 0 aromatic heterocycles. The summed E-state index contributed by atoms with van der Waals surface area (Å²) in [5.41, 5.74) is 0.576. The van der Waals surface area contributed by atoms with E-state index < -0.39 is 6.04 Å². The molecule has 6 heteroatoms. The lowest BCUT2D eigenvalue weighted by Gasteiger charge is -2.16. The monoisotopic (exact) mass is 273 g/mol. The number of nitrogens with one attached hydrogen (secondary N) is 1. The van der Waals surface area contributed by atoms with Gasteiger partial charge in [0.15, 0.2) is 11.5 Å². The van der Waals surface area contributed by atoms with E-state index in [-0.39, 0.29) is 5.97 Å². The van der Waals surface area contributed by atoms with E-state index in [4.69, 9.17) is 21.1 Å². The minimum absolute atomic E-state index is 0.374. The van der Waals surface area contributed by atoms with E-state index in [2.05, 4.69) is 10.1 Å². The first kappa shape index (κ1) is 14.4. The molecule has 0 heterocycles. The molecule has 1 unspecified atom stereocenters. The summed E-state index contributed by atoms with van der Waals surface area (Å²) in [4.78, 5) is 11.3. The molecule has 0 saturated carbocycles. The lowest BCUT2D eigenvalue weighted by Crippen LogP contribution is -2.27. The first-order valence-electron chi connectivity index (χ1n) is 5.29. The molecule has 0 spiro atoms. The Balaban J connectivity index is 2.99. The second-order valence-corrected chi connectivity index (χ2v) is 3.98. The maximum atomic E-state index is 11.3. The molecule has 5 nitrogen and oxygen atoms in total. The predicted octanol–water partition coefficient (Wildman–Crippen LogP) is 2.33. The maximum Gasteiger partial charge on any atom is 0.327 e. The number of hydrogen-bond donors (Lipinski definition) is 1. The third kappa shape index (κ3) is 3.20. The van der Waals surface area contributed by atoms with Gasteiger partial charge in [-0.05, 0) is 6.92 Å². The fourth-order valence-corrected chi connectivity index (χ4v) is 1.64. The van der Waals surface area contributed by atoms with E-state index >= 15 is 0 Å². The first-order chi connectivity index (χ1) is 8.53. The molecule has 0 radical (unpaired) electrons. The van der Waals surface area contributed by atoms with Crippen molar-refractivity contribution in [1.82, 2.24) is 0 Å². The standard InChI is InChI=1S/C12H16ClNO4/c1-7(12(15)18-4)14-9-6-11(17-3)10(16-2)5-8(9)13/h5-7,14H,1-4H3. The average molecular weight is 274 g/mol. The molecule has 0 aliphatic heterocycles. The molecule has 1 N–H and O–H groups in total. The zero-order chi connectivity index (χ0) is 13.7. The molecule has 0 aliphatic rings. The van der Waals surface area contributed by atoms with E-state index in [1.165, 1.54) is 21.3 Å². The van der Waals surface area contributed by atoms with Crippen LogP contribution in [0.3, 0.4) is 0 Å². The van der Waals surface area contributed by atoms with Gasteiger partial charge < -0.3 is 19.5 Å². The highest BCUT2D eigenvalue weighted by molar-refractivity contribution is 6.33. The van der Waals surface area contributed by atoms with E-state index in [1.807, 2.05) is 0 Å². The molecule has 1 aromatic carbocycles. The Bertz CT molecular complexity index is 436. The highest BCUT2D eigenvalue weighted by atomic mass is 35.5. The molecular weight excluding hydrogens is 258 g/mol. The van der Waals surface area contributed by atoms with Crippen LogP contribution in [0.1, 0.15) is 6.92 Å². The van der Waals surface area contributed by atoms with Gasteiger partial charge in [-0.2, -0.15) is 0 Å². The number of anilines is 1. The van der Waals surface area contributed by atoms with E-state index in [9.17, 15) is 4.79 Å². The van der Waals surface area contributed by atoms with Crippen molar-refractivity contribution >= 4 is 23.3 Å². The van der Waals surface area contributed by atoms with Crippen LogP contribution in [0.2, 0.25) is 5.02 Å². The van der Waals surface area contributed by atoms with Gasteiger partial charge in [0.1, 0.15) is 6.04 Å². The summed E-state index contributed by atoms with van der Waals surface area (Å²) in [5, 5.41) is 3.38. The van der Waals surface area contributed by atoms with Gasteiger partial charge in [0.05, 0.1) is 32.0 Å². The van der Waals surface area contributed by atoms with Gasteiger partial charge in [-0.15, -0.1) is 0 Å². The molecule has 100 valence electrons. The number of methoxy groups -OCH3 is 3. The number of esters is 1. The number of rotatable bonds is 5. The fraction of sp³-hybridized carbons (Fsp3) is 0.417. The van der Waals surface area contributed by atoms with Gasteiger partial charge in [-0.3, -0.25) is 0 Å². The number of carbonyl (C=O) groups excluding carboxylic acids is 1. The van der Waals surface area contributed by atoms with Crippen molar-refractivity contribution in [3.05, 3.63) is 17.2 Å². The molecular formula is C12H16ClNO4. The van der Waals surface area contributed by atoms with E-state index in [1.54, 1.807) is 19.1 Å². The Kier molecular flexibility index (Phi) is 5.09. The van der Waals surface area contributed by atoms with Gasteiger partial charge in [-0.25, -0.2) is 4.79 Å². The lowest BCUT2D eigenvalue weighted by molar-refractivity contribution is -0.141. The number of carbonyl (C=O) groups is 1. The van der Waals surface area contributed by atoms with Crippen LogP contribution in [0, 0.1) is 0 Å². The minimum atomic E-state index is -0.509. The Hall–Kier alpha value is -1.62. The van der Waals surface area contributed by atoms with Crippen LogP contribution >= 0.6 is 11.6 Å². The third-order valence-corrected chi connectivity index (χ3v) is 2.71. The van der Waals surface area contributed by atoms with Gasteiger partial charge in [0.2, 0.25) is 0 Å². The Morgan fingerprint density at radius 2 is 1.78 bits per heavy atom. The smallest absolute Gasteiger partial charge is 0.327 e. The molecule has 0 amide bonds. The van der Waals surface area contributed by atoms with Gasteiger partial charge in [-0.1, -0.05) is 11.6 Å². The third-order valence-electron chi connectivity index (χ3n) is 2.40.